The molecule has 0 radical (unpaired) electrons. The minimum atomic E-state index is -0.0752. The molecule has 0 bridgehead atoms. The summed E-state index contributed by atoms with van der Waals surface area (Å²) in [6.07, 6.45) is 1.02. The molecule has 4 nitrogen and oxygen atoms in total. The van der Waals surface area contributed by atoms with Crippen LogP contribution < -0.4 is 16.0 Å². The molecule has 0 aliphatic carbocycles. The minimum Gasteiger partial charge on any atom is -0.341 e. The SMILES string of the molecule is CNC(=O)NC1CCNCC1C. The van der Waals surface area contributed by atoms with E-state index >= 15 is 0 Å². The van der Waals surface area contributed by atoms with E-state index in [2.05, 4.69) is 22.9 Å². The van der Waals surface area contributed by atoms with E-state index in [4.69, 9.17) is 0 Å². The van der Waals surface area contributed by atoms with Gasteiger partial charge in [0.1, 0.15) is 0 Å². The molecule has 2 amide bonds. The van der Waals surface area contributed by atoms with Gasteiger partial charge in [-0.3, -0.25) is 0 Å². The monoisotopic (exact) mass is 171 g/mol. The first-order chi connectivity index (χ1) is 5.74. The zero-order valence-corrected chi connectivity index (χ0v) is 7.68. The number of amides is 2. The van der Waals surface area contributed by atoms with Crippen molar-refractivity contribution in [2.24, 2.45) is 5.92 Å². The first kappa shape index (κ1) is 9.32. The van der Waals surface area contributed by atoms with Gasteiger partial charge in [0, 0.05) is 13.1 Å². The minimum absolute atomic E-state index is 0.0752. The maximum Gasteiger partial charge on any atom is 0.314 e. The summed E-state index contributed by atoms with van der Waals surface area (Å²) in [7, 11) is 1.64. The maximum absolute atomic E-state index is 11.0. The summed E-state index contributed by atoms with van der Waals surface area (Å²) in [5.41, 5.74) is 0. The zero-order valence-electron chi connectivity index (χ0n) is 7.68. The lowest BCUT2D eigenvalue weighted by molar-refractivity contribution is 0.226. The Bertz CT molecular complexity index is 160. The molecule has 1 heterocycles. The lowest BCUT2D eigenvalue weighted by Gasteiger charge is -2.29. The highest BCUT2D eigenvalue weighted by Gasteiger charge is 2.21. The Balaban J connectivity index is 2.33. The number of urea groups is 1. The van der Waals surface area contributed by atoms with Gasteiger partial charge in [0.25, 0.3) is 0 Å². The van der Waals surface area contributed by atoms with Crippen molar-refractivity contribution in [1.82, 2.24) is 16.0 Å². The molecule has 0 aromatic carbocycles. The number of carbonyl (C=O) groups is 1. The Morgan fingerprint density at radius 2 is 2.33 bits per heavy atom. The van der Waals surface area contributed by atoms with Gasteiger partial charge in [-0.1, -0.05) is 6.92 Å². The van der Waals surface area contributed by atoms with Crippen molar-refractivity contribution in [2.75, 3.05) is 20.1 Å². The molecule has 1 aliphatic heterocycles. The van der Waals surface area contributed by atoms with Crippen LogP contribution in [0, 0.1) is 5.92 Å². The average Bonchev–Trinajstić information content (AvgIpc) is 2.09. The summed E-state index contributed by atoms with van der Waals surface area (Å²) in [5, 5.41) is 8.77. The van der Waals surface area contributed by atoms with Crippen LogP contribution in [0.25, 0.3) is 0 Å². The van der Waals surface area contributed by atoms with Crippen LogP contribution in [0.15, 0.2) is 0 Å². The predicted octanol–water partition coefficient (Wildman–Crippen LogP) is -0.0866. The van der Waals surface area contributed by atoms with Crippen molar-refractivity contribution < 1.29 is 4.79 Å². The molecular formula is C8H17N3O. The average molecular weight is 171 g/mol. The van der Waals surface area contributed by atoms with Crippen LogP contribution in [0.1, 0.15) is 13.3 Å². The highest BCUT2D eigenvalue weighted by molar-refractivity contribution is 5.73. The van der Waals surface area contributed by atoms with E-state index in [1.807, 2.05) is 0 Å². The van der Waals surface area contributed by atoms with Crippen molar-refractivity contribution >= 4 is 6.03 Å². The summed E-state index contributed by atoms with van der Waals surface area (Å²) in [6.45, 7) is 4.14. The number of nitrogens with one attached hydrogen (secondary N) is 3. The molecule has 3 N–H and O–H groups in total. The third-order valence-electron chi connectivity index (χ3n) is 2.33. The number of hydrogen-bond donors (Lipinski definition) is 3. The first-order valence-electron chi connectivity index (χ1n) is 4.43. The van der Waals surface area contributed by atoms with Gasteiger partial charge < -0.3 is 16.0 Å². The van der Waals surface area contributed by atoms with Gasteiger partial charge >= 0.3 is 6.03 Å². The molecular weight excluding hydrogens is 154 g/mol. The fourth-order valence-corrected chi connectivity index (χ4v) is 1.47. The smallest absolute Gasteiger partial charge is 0.314 e. The van der Waals surface area contributed by atoms with Crippen molar-refractivity contribution in [3.63, 3.8) is 0 Å². The van der Waals surface area contributed by atoms with Crippen molar-refractivity contribution in [3.05, 3.63) is 0 Å². The van der Waals surface area contributed by atoms with Gasteiger partial charge in [-0.2, -0.15) is 0 Å². The van der Waals surface area contributed by atoms with Crippen LogP contribution in [0.4, 0.5) is 4.79 Å². The highest BCUT2D eigenvalue weighted by Crippen LogP contribution is 2.09. The van der Waals surface area contributed by atoms with Crippen LogP contribution in [0.2, 0.25) is 0 Å². The Morgan fingerprint density at radius 3 is 2.92 bits per heavy atom. The van der Waals surface area contributed by atoms with E-state index in [0.29, 0.717) is 12.0 Å². The second-order valence-corrected chi connectivity index (χ2v) is 3.30. The molecule has 0 aromatic rings. The normalized spacial score (nSPS) is 29.5. The van der Waals surface area contributed by atoms with Crippen molar-refractivity contribution in [1.29, 1.82) is 0 Å². The van der Waals surface area contributed by atoms with Crippen LogP contribution in [0.5, 0.6) is 0 Å². The van der Waals surface area contributed by atoms with E-state index in [1.165, 1.54) is 0 Å². The predicted molar refractivity (Wildman–Crippen MR) is 48.0 cm³/mol. The molecule has 1 saturated heterocycles. The second kappa shape index (κ2) is 4.30. The molecule has 0 saturated carbocycles. The summed E-state index contributed by atoms with van der Waals surface area (Å²) in [5.74, 6) is 0.524. The van der Waals surface area contributed by atoms with Gasteiger partial charge in [-0.05, 0) is 25.4 Å². The van der Waals surface area contributed by atoms with Crippen molar-refractivity contribution in [2.45, 2.75) is 19.4 Å². The molecule has 1 aliphatic rings. The summed E-state index contributed by atoms with van der Waals surface area (Å²) in [4.78, 5) is 11.0. The van der Waals surface area contributed by atoms with Gasteiger partial charge in [0.05, 0.1) is 0 Å². The molecule has 0 spiro atoms. The van der Waals surface area contributed by atoms with E-state index < -0.39 is 0 Å². The molecule has 4 heteroatoms. The quantitative estimate of drug-likeness (QED) is 0.516. The Morgan fingerprint density at radius 1 is 1.58 bits per heavy atom. The third-order valence-corrected chi connectivity index (χ3v) is 2.33. The number of carbonyl (C=O) groups excluding carboxylic acids is 1. The molecule has 70 valence electrons. The molecule has 1 fully saturated rings. The second-order valence-electron chi connectivity index (χ2n) is 3.30. The first-order valence-corrected chi connectivity index (χ1v) is 4.43. The van der Waals surface area contributed by atoms with Crippen LogP contribution in [-0.4, -0.2) is 32.2 Å². The molecule has 12 heavy (non-hydrogen) atoms. The number of hydrogen-bond acceptors (Lipinski definition) is 2. The van der Waals surface area contributed by atoms with Crippen LogP contribution in [0.3, 0.4) is 0 Å². The fourth-order valence-electron chi connectivity index (χ4n) is 1.47. The van der Waals surface area contributed by atoms with E-state index in [1.54, 1.807) is 7.05 Å². The van der Waals surface area contributed by atoms with Crippen molar-refractivity contribution in [3.8, 4) is 0 Å². The lowest BCUT2D eigenvalue weighted by Crippen LogP contribution is -2.50. The molecule has 2 unspecified atom stereocenters. The number of piperidine rings is 1. The fraction of sp³-hybridized carbons (Fsp3) is 0.875. The molecule has 2 atom stereocenters. The maximum atomic E-state index is 11.0. The Kier molecular flexibility index (Phi) is 3.34. The molecule has 1 rings (SSSR count). The lowest BCUT2D eigenvalue weighted by atomic mass is 9.95. The largest absolute Gasteiger partial charge is 0.341 e. The van der Waals surface area contributed by atoms with Crippen LogP contribution >= 0.6 is 0 Å². The van der Waals surface area contributed by atoms with E-state index in [9.17, 15) is 4.79 Å². The highest BCUT2D eigenvalue weighted by atomic mass is 16.2. The van der Waals surface area contributed by atoms with E-state index in [0.717, 1.165) is 19.5 Å². The van der Waals surface area contributed by atoms with Gasteiger partial charge in [-0.25, -0.2) is 4.79 Å². The van der Waals surface area contributed by atoms with Gasteiger partial charge in [-0.15, -0.1) is 0 Å². The molecule has 0 aromatic heterocycles. The third kappa shape index (κ3) is 2.37. The van der Waals surface area contributed by atoms with E-state index in [-0.39, 0.29) is 6.03 Å². The van der Waals surface area contributed by atoms with Gasteiger partial charge in [0.15, 0.2) is 0 Å². The summed E-state index contributed by atoms with van der Waals surface area (Å²) in [6, 6.07) is 0.250. The Hall–Kier alpha value is -0.770. The number of rotatable bonds is 1. The topological polar surface area (TPSA) is 53.2 Å². The summed E-state index contributed by atoms with van der Waals surface area (Å²) >= 11 is 0. The standard InChI is InChI=1S/C8H17N3O/c1-6-5-10-4-3-7(6)11-8(12)9-2/h6-7,10H,3-5H2,1-2H3,(H2,9,11,12). The van der Waals surface area contributed by atoms with Gasteiger partial charge in [0.2, 0.25) is 0 Å². The Labute approximate surface area is 73.1 Å². The zero-order chi connectivity index (χ0) is 8.97. The summed E-state index contributed by atoms with van der Waals surface area (Å²) < 4.78 is 0. The van der Waals surface area contributed by atoms with Crippen LogP contribution in [-0.2, 0) is 0 Å².